The number of aromatic nitrogens is 1. The number of carbonyl (C=O) groups is 3. The Morgan fingerprint density at radius 3 is 2.65 bits per heavy atom. The third-order valence-corrected chi connectivity index (χ3v) is 5.34. The molecule has 4 amide bonds. The van der Waals surface area contributed by atoms with Crippen molar-refractivity contribution in [1.29, 1.82) is 0 Å². The van der Waals surface area contributed by atoms with E-state index < -0.39 is 23.4 Å². The summed E-state index contributed by atoms with van der Waals surface area (Å²) in [5.74, 6) is -0.808. The van der Waals surface area contributed by atoms with Gasteiger partial charge in [-0.25, -0.2) is 9.78 Å². The Balaban J connectivity index is 1.69. The Bertz CT molecular complexity index is 836. The molecule has 1 aliphatic rings. The van der Waals surface area contributed by atoms with Gasteiger partial charge in [-0.15, -0.1) is 11.3 Å². The van der Waals surface area contributed by atoms with Crippen molar-refractivity contribution in [3.63, 3.8) is 0 Å². The van der Waals surface area contributed by atoms with Gasteiger partial charge in [-0.3, -0.25) is 14.5 Å². The van der Waals surface area contributed by atoms with E-state index in [4.69, 9.17) is 0 Å². The fourth-order valence-corrected chi connectivity index (χ4v) is 3.70. The molecule has 26 heavy (non-hydrogen) atoms. The number of urea groups is 1. The molecule has 0 radical (unpaired) electrons. The summed E-state index contributed by atoms with van der Waals surface area (Å²) in [5.41, 5.74) is 0.483. The summed E-state index contributed by atoms with van der Waals surface area (Å²) < 4.78 is 0. The summed E-state index contributed by atoms with van der Waals surface area (Å²) in [5, 5.41) is 8.14. The van der Waals surface area contributed by atoms with Gasteiger partial charge in [0, 0.05) is 11.1 Å². The number of hydrogen-bond acceptors (Lipinski definition) is 5. The molecule has 0 saturated carbocycles. The summed E-state index contributed by atoms with van der Waals surface area (Å²) >= 11 is 1.45. The van der Waals surface area contributed by atoms with Gasteiger partial charge in [0.25, 0.3) is 5.91 Å². The Morgan fingerprint density at radius 2 is 2.04 bits per heavy atom. The fourth-order valence-electron chi connectivity index (χ4n) is 2.99. The Labute approximate surface area is 155 Å². The SMILES string of the molecule is CCC1(c2ccccc2)NC(=O)N(CC(=O)NCc2nc(C)cs2)C1=O. The number of aryl methyl sites for hydroxylation is 1. The number of thiazole rings is 1. The first-order chi connectivity index (χ1) is 12.5. The molecule has 0 bridgehead atoms. The highest BCUT2D eigenvalue weighted by Crippen LogP contribution is 2.32. The number of nitrogens with one attached hydrogen (secondary N) is 2. The number of benzene rings is 1. The Kier molecular flexibility index (Phi) is 5.03. The second-order valence-corrected chi connectivity index (χ2v) is 7.05. The minimum atomic E-state index is -1.12. The van der Waals surface area contributed by atoms with E-state index in [1.807, 2.05) is 37.4 Å². The molecule has 2 aromatic rings. The van der Waals surface area contributed by atoms with Crippen molar-refractivity contribution in [3.05, 3.63) is 52.0 Å². The van der Waals surface area contributed by atoms with E-state index in [9.17, 15) is 14.4 Å². The summed E-state index contributed by atoms with van der Waals surface area (Å²) in [6.45, 7) is 3.67. The topological polar surface area (TPSA) is 91.4 Å². The normalized spacial score (nSPS) is 19.5. The first-order valence-electron chi connectivity index (χ1n) is 8.33. The number of amides is 4. The van der Waals surface area contributed by atoms with E-state index in [1.165, 1.54) is 11.3 Å². The van der Waals surface area contributed by atoms with E-state index >= 15 is 0 Å². The van der Waals surface area contributed by atoms with Gasteiger partial charge in [0.2, 0.25) is 5.91 Å². The number of nitrogens with zero attached hydrogens (tertiary/aromatic N) is 2. The summed E-state index contributed by atoms with van der Waals surface area (Å²) in [6.07, 6.45) is 0.401. The van der Waals surface area contributed by atoms with Gasteiger partial charge in [0.1, 0.15) is 17.1 Å². The van der Waals surface area contributed by atoms with Crippen molar-refractivity contribution >= 4 is 29.2 Å². The second kappa shape index (κ2) is 7.25. The average Bonchev–Trinajstić information content (AvgIpc) is 3.17. The molecule has 0 spiro atoms. The van der Waals surface area contributed by atoms with Crippen LogP contribution >= 0.6 is 11.3 Å². The zero-order valence-electron chi connectivity index (χ0n) is 14.6. The largest absolute Gasteiger partial charge is 0.348 e. The fraction of sp³-hybridized carbons (Fsp3) is 0.333. The average molecular weight is 372 g/mol. The van der Waals surface area contributed by atoms with Crippen LogP contribution in [0, 0.1) is 6.92 Å². The van der Waals surface area contributed by atoms with Crippen LogP contribution < -0.4 is 10.6 Å². The standard InChI is InChI=1S/C18H20N4O3S/c1-3-18(13-7-5-4-6-8-13)16(24)22(17(25)21-18)10-14(23)19-9-15-20-12(2)11-26-15/h4-8,11H,3,9-10H2,1-2H3,(H,19,23)(H,21,25). The molecule has 2 heterocycles. The quantitative estimate of drug-likeness (QED) is 0.758. The van der Waals surface area contributed by atoms with Gasteiger partial charge in [0.15, 0.2) is 0 Å². The molecule has 1 atom stereocenters. The van der Waals surface area contributed by atoms with Crippen molar-refractivity contribution in [2.75, 3.05) is 6.54 Å². The number of hydrogen-bond donors (Lipinski definition) is 2. The minimum absolute atomic E-state index is 0.276. The third-order valence-electron chi connectivity index (χ3n) is 4.38. The first kappa shape index (κ1) is 18.1. The minimum Gasteiger partial charge on any atom is -0.348 e. The molecule has 1 saturated heterocycles. The number of imide groups is 1. The maximum Gasteiger partial charge on any atom is 0.325 e. The molecule has 1 unspecified atom stereocenters. The smallest absolute Gasteiger partial charge is 0.325 e. The molecule has 8 heteroatoms. The van der Waals surface area contributed by atoms with Gasteiger partial charge in [-0.2, -0.15) is 0 Å². The summed E-state index contributed by atoms with van der Waals surface area (Å²) in [6, 6.07) is 8.53. The zero-order valence-corrected chi connectivity index (χ0v) is 15.4. The molecule has 1 aromatic heterocycles. The van der Waals surface area contributed by atoms with Crippen LogP contribution in [-0.4, -0.2) is 34.3 Å². The zero-order chi connectivity index (χ0) is 18.7. The highest BCUT2D eigenvalue weighted by molar-refractivity contribution is 7.09. The number of carbonyl (C=O) groups excluding carboxylic acids is 3. The van der Waals surface area contributed by atoms with Crippen LogP contribution in [0.25, 0.3) is 0 Å². The monoisotopic (exact) mass is 372 g/mol. The molecular formula is C18H20N4O3S. The molecule has 1 aromatic carbocycles. The van der Waals surface area contributed by atoms with Crippen molar-refractivity contribution in [1.82, 2.24) is 20.5 Å². The molecule has 7 nitrogen and oxygen atoms in total. The molecule has 136 valence electrons. The third kappa shape index (κ3) is 3.32. The van der Waals surface area contributed by atoms with Crippen LogP contribution in [-0.2, 0) is 21.7 Å². The molecular weight excluding hydrogens is 352 g/mol. The lowest BCUT2D eigenvalue weighted by atomic mass is 9.87. The summed E-state index contributed by atoms with van der Waals surface area (Å²) in [7, 11) is 0. The molecule has 3 rings (SSSR count). The van der Waals surface area contributed by atoms with Crippen LogP contribution in [0.15, 0.2) is 35.7 Å². The van der Waals surface area contributed by atoms with Crippen molar-refractivity contribution < 1.29 is 14.4 Å². The van der Waals surface area contributed by atoms with Crippen LogP contribution in [0.2, 0.25) is 0 Å². The Morgan fingerprint density at radius 1 is 1.31 bits per heavy atom. The van der Waals surface area contributed by atoms with Crippen molar-refractivity contribution in [3.8, 4) is 0 Å². The van der Waals surface area contributed by atoms with Crippen LogP contribution in [0.5, 0.6) is 0 Å². The van der Waals surface area contributed by atoms with Crippen molar-refractivity contribution in [2.45, 2.75) is 32.4 Å². The van der Waals surface area contributed by atoms with Gasteiger partial charge >= 0.3 is 6.03 Å². The Hall–Kier alpha value is -2.74. The molecule has 1 aliphatic heterocycles. The highest BCUT2D eigenvalue weighted by Gasteiger charge is 2.51. The van der Waals surface area contributed by atoms with E-state index in [-0.39, 0.29) is 13.1 Å². The van der Waals surface area contributed by atoms with Crippen LogP contribution in [0.3, 0.4) is 0 Å². The predicted molar refractivity (Wildman–Crippen MR) is 97.4 cm³/mol. The van der Waals surface area contributed by atoms with Crippen LogP contribution in [0.4, 0.5) is 4.79 Å². The van der Waals surface area contributed by atoms with Gasteiger partial charge in [-0.05, 0) is 18.9 Å². The van der Waals surface area contributed by atoms with Crippen LogP contribution in [0.1, 0.15) is 29.6 Å². The van der Waals surface area contributed by atoms with Gasteiger partial charge in [0.05, 0.1) is 6.54 Å². The predicted octanol–water partition coefficient (Wildman–Crippen LogP) is 1.93. The maximum atomic E-state index is 12.9. The number of rotatable bonds is 6. The lowest BCUT2D eigenvalue weighted by Gasteiger charge is -2.25. The molecule has 2 N–H and O–H groups in total. The molecule has 0 aliphatic carbocycles. The van der Waals surface area contributed by atoms with E-state index in [0.29, 0.717) is 12.0 Å². The van der Waals surface area contributed by atoms with E-state index in [1.54, 1.807) is 12.1 Å². The second-order valence-electron chi connectivity index (χ2n) is 6.11. The van der Waals surface area contributed by atoms with E-state index in [0.717, 1.165) is 15.6 Å². The summed E-state index contributed by atoms with van der Waals surface area (Å²) in [4.78, 5) is 42.7. The maximum absolute atomic E-state index is 12.9. The van der Waals surface area contributed by atoms with Gasteiger partial charge < -0.3 is 10.6 Å². The first-order valence-corrected chi connectivity index (χ1v) is 9.21. The lowest BCUT2D eigenvalue weighted by molar-refractivity contribution is -0.135. The van der Waals surface area contributed by atoms with Gasteiger partial charge in [-0.1, -0.05) is 37.3 Å². The lowest BCUT2D eigenvalue weighted by Crippen LogP contribution is -2.44. The molecule has 1 fully saturated rings. The highest BCUT2D eigenvalue weighted by atomic mass is 32.1. The van der Waals surface area contributed by atoms with Crippen molar-refractivity contribution in [2.24, 2.45) is 0 Å². The van der Waals surface area contributed by atoms with E-state index in [2.05, 4.69) is 15.6 Å².